The molecule has 1 N–H and O–H groups in total. The van der Waals surface area contributed by atoms with E-state index >= 15 is 0 Å². The van der Waals surface area contributed by atoms with Crippen LogP contribution in [0.3, 0.4) is 0 Å². The summed E-state index contributed by atoms with van der Waals surface area (Å²) in [6.07, 6.45) is 0.419. The molecular weight excluding hydrogens is 266 g/mol. The van der Waals surface area contributed by atoms with Gasteiger partial charge in [-0.25, -0.2) is 0 Å². The molecule has 0 fully saturated rings. The van der Waals surface area contributed by atoms with Crippen LogP contribution in [-0.2, 0) is 4.79 Å². The molecule has 0 bridgehead atoms. The second kappa shape index (κ2) is 5.84. The van der Waals surface area contributed by atoms with Crippen LogP contribution in [0, 0.1) is 0 Å². The fourth-order valence-corrected chi connectivity index (χ4v) is 1.66. The molecule has 1 unspecified atom stereocenters. The molecule has 5 nitrogen and oxygen atoms in total. The van der Waals surface area contributed by atoms with Crippen molar-refractivity contribution < 1.29 is 9.32 Å². The van der Waals surface area contributed by atoms with Crippen molar-refractivity contribution in [3.63, 3.8) is 0 Å². The molecule has 0 aliphatic heterocycles. The lowest BCUT2D eigenvalue weighted by molar-refractivity contribution is -0.121. The van der Waals surface area contributed by atoms with Gasteiger partial charge in [-0.05, 0) is 31.2 Å². The molecule has 1 aromatic carbocycles. The topological polar surface area (TPSA) is 68.0 Å². The molecule has 6 heteroatoms. The van der Waals surface area contributed by atoms with Crippen LogP contribution in [-0.4, -0.2) is 16.0 Å². The van der Waals surface area contributed by atoms with Crippen LogP contribution in [0.2, 0.25) is 5.02 Å². The zero-order valence-electron chi connectivity index (χ0n) is 10.7. The van der Waals surface area contributed by atoms with Crippen molar-refractivity contribution in [2.45, 2.75) is 26.3 Å². The van der Waals surface area contributed by atoms with E-state index in [0.717, 1.165) is 5.56 Å². The molecule has 0 aliphatic carbocycles. The quantitative estimate of drug-likeness (QED) is 0.934. The first-order chi connectivity index (χ1) is 9.10. The SMILES string of the molecule is CCC(=O)NC(C)c1nc(-c2ccc(Cl)cc2)no1. The van der Waals surface area contributed by atoms with Gasteiger partial charge in [-0.15, -0.1) is 0 Å². The molecule has 1 amide bonds. The molecule has 19 heavy (non-hydrogen) atoms. The predicted molar refractivity (Wildman–Crippen MR) is 71.6 cm³/mol. The maximum atomic E-state index is 11.3. The molecule has 0 spiro atoms. The lowest BCUT2D eigenvalue weighted by atomic mass is 10.2. The van der Waals surface area contributed by atoms with Crippen LogP contribution in [0.1, 0.15) is 32.2 Å². The van der Waals surface area contributed by atoms with Gasteiger partial charge in [0.1, 0.15) is 6.04 Å². The van der Waals surface area contributed by atoms with Gasteiger partial charge in [0.25, 0.3) is 0 Å². The highest BCUT2D eigenvalue weighted by atomic mass is 35.5. The Balaban J connectivity index is 2.14. The van der Waals surface area contributed by atoms with Gasteiger partial charge in [-0.2, -0.15) is 4.98 Å². The normalized spacial score (nSPS) is 12.2. The summed E-state index contributed by atoms with van der Waals surface area (Å²) < 4.78 is 5.15. The Morgan fingerprint density at radius 3 is 2.74 bits per heavy atom. The maximum Gasteiger partial charge on any atom is 0.249 e. The second-order valence-electron chi connectivity index (χ2n) is 4.11. The smallest absolute Gasteiger partial charge is 0.249 e. The largest absolute Gasteiger partial charge is 0.345 e. The molecule has 100 valence electrons. The van der Waals surface area contributed by atoms with Crippen molar-refractivity contribution in [2.75, 3.05) is 0 Å². The third-order valence-electron chi connectivity index (χ3n) is 2.61. The Labute approximate surface area is 116 Å². The number of aromatic nitrogens is 2. The average Bonchev–Trinajstić information content (AvgIpc) is 2.89. The number of nitrogens with zero attached hydrogens (tertiary/aromatic N) is 2. The van der Waals surface area contributed by atoms with Crippen molar-refractivity contribution in [1.82, 2.24) is 15.5 Å². The van der Waals surface area contributed by atoms with E-state index < -0.39 is 0 Å². The summed E-state index contributed by atoms with van der Waals surface area (Å²) in [5.41, 5.74) is 0.813. The Kier molecular flexibility index (Phi) is 4.16. The molecule has 1 heterocycles. The van der Waals surface area contributed by atoms with Gasteiger partial charge in [0.05, 0.1) is 0 Å². The molecule has 0 saturated carbocycles. The van der Waals surface area contributed by atoms with Crippen LogP contribution in [0.4, 0.5) is 0 Å². The number of carbonyl (C=O) groups is 1. The highest BCUT2D eigenvalue weighted by Gasteiger charge is 2.16. The van der Waals surface area contributed by atoms with Crippen molar-refractivity contribution >= 4 is 17.5 Å². The lowest BCUT2D eigenvalue weighted by Gasteiger charge is -2.07. The molecule has 1 atom stereocenters. The lowest BCUT2D eigenvalue weighted by Crippen LogP contribution is -2.25. The fraction of sp³-hybridized carbons (Fsp3) is 0.308. The number of amides is 1. The van der Waals surface area contributed by atoms with Crippen molar-refractivity contribution in [3.8, 4) is 11.4 Å². The summed E-state index contributed by atoms with van der Waals surface area (Å²) >= 11 is 5.82. The standard InChI is InChI=1S/C13H14ClN3O2/c1-3-11(18)15-8(2)13-16-12(17-19-13)9-4-6-10(14)7-5-9/h4-8H,3H2,1-2H3,(H,15,18). The number of hydrogen-bond donors (Lipinski definition) is 1. The summed E-state index contributed by atoms with van der Waals surface area (Å²) in [5, 5.41) is 7.30. The first-order valence-electron chi connectivity index (χ1n) is 5.99. The van der Waals surface area contributed by atoms with E-state index in [1.54, 1.807) is 26.0 Å². The van der Waals surface area contributed by atoms with Gasteiger partial charge < -0.3 is 9.84 Å². The van der Waals surface area contributed by atoms with E-state index in [1.165, 1.54) is 0 Å². The number of hydrogen-bond acceptors (Lipinski definition) is 4. The summed E-state index contributed by atoms with van der Waals surface area (Å²) in [4.78, 5) is 15.6. The number of benzene rings is 1. The summed E-state index contributed by atoms with van der Waals surface area (Å²) in [5.74, 6) is 0.801. The van der Waals surface area contributed by atoms with Crippen molar-refractivity contribution in [2.24, 2.45) is 0 Å². The van der Waals surface area contributed by atoms with E-state index in [2.05, 4.69) is 15.5 Å². The monoisotopic (exact) mass is 279 g/mol. The zero-order chi connectivity index (χ0) is 13.8. The van der Waals surface area contributed by atoms with Crippen LogP contribution >= 0.6 is 11.6 Å². The fourth-order valence-electron chi connectivity index (χ4n) is 1.53. The van der Waals surface area contributed by atoms with Crippen LogP contribution in [0.5, 0.6) is 0 Å². The van der Waals surface area contributed by atoms with E-state index in [-0.39, 0.29) is 11.9 Å². The van der Waals surface area contributed by atoms with Crippen molar-refractivity contribution in [1.29, 1.82) is 0 Å². The van der Waals surface area contributed by atoms with Gasteiger partial charge in [-0.1, -0.05) is 23.7 Å². The average molecular weight is 280 g/mol. The van der Waals surface area contributed by atoms with Gasteiger partial charge >= 0.3 is 0 Å². The minimum absolute atomic E-state index is 0.0567. The molecule has 0 radical (unpaired) electrons. The Morgan fingerprint density at radius 2 is 2.11 bits per heavy atom. The van der Waals surface area contributed by atoms with E-state index in [4.69, 9.17) is 16.1 Å². The Hall–Kier alpha value is -1.88. The van der Waals surface area contributed by atoms with Gasteiger partial charge in [0.15, 0.2) is 0 Å². The Bertz CT molecular complexity index is 566. The molecule has 0 aliphatic rings. The third-order valence-corrected chi connectivity index (χ3v) is 2.87. The minimum Gasteiger partial charge on any atom is -0.345 e. The van der Waals surface area contributed by atoms with Crippen LogP contribution in [0.25, 0.3) is 11.4 Å². The van der Waals surface area contributed by atoms with Crippen LogP contribution < -0.4 is 5.32 Å². The van der Waals surface area contributed by atoms with Gasteiger partial charge in [0, 0.05) is 17.0 Å². The molecule has 2 rings (SSSR count). The van der Waals surface area contributed by atoms with Crippen LogP contribution in [0.15, 0.2) is 28.8 Å². The number of nitrogens with one attached hydrogen (secondary N) is 1. The minimum atomic E-state index is -0.305. The number of halogens is 1. The summed E-state index contributed by atoms with van der Waals surface area (Å²) in [6, 6.07) is 6.84. The first-order valence-corrected chi connectivity index (χ1v) is 6.37. The van der Waals surface area contributed by atoms with E-state index in [0.29, 0.717) is 23.2 Å². The molecular formula is C13H14ClN3O2. The predicted octanol–water partition coefficient (Wildman–Crippen LogP) is 2.98. The molecule has 1 aromatic heterocycles. The summed E-state index contributed by atoms with van der Waals surface area (Å²) in [7, 11) is 0. The number of carbonyl (C=O) groups excluding carboxylic acids is 1. The number of rotatable bonds is 4. The van der Waals surface area contributed by atoms with Gasteiger partial charge in [0.2, 0.25) is 17.6 Å². The highest BCUT2D eigenvalue weighted by Crippen LogP contribution is 2.20. The molecule has 2 aromatic rings. The first kappa shape index (κ1) is 13.5. The second-order valence-corrected chi connectivity index (χ2v) is 4.54. The summed E-state index contributed by atoms with van der Waals surface area (Å²) in [6.45, 7) is 3.59. The third kappa shape index (κ3) is 3.32. The Morgan fingerprint density at radius 1 is 1.42 bits per heavy atom. The highest BCUT2D eigenvalue weighted by molar-refractivity contribution is 6.30. The maximum absolute atomic E-state index is 11.3. The van der Waals surface area contributed by atoms with Crippen molar-refractivity contribution in [3.05, 3.63) is 35.2 Å². The van der Waals surface area contributed by atoms with E-state index in [1.807, 2.05) is 12.1 Å². The zero-order valence-corrected chi connectivity index (χ0v) is 11.4. The molecule has 0 saturated heterocycles. The van der Waals surface area contributed by atoms with E-state index in [9.17, 15) is 4.79 Å². The van der Waals surface area contributed by atoms with Gasteiger partial charge in [-0.3, -0.25) is 4.79 Å².